The van der Waals surface area contributed by atoms with Crippen molar-refractivity contribution in [2.45, 2.75) is 59.3 Å². The van der Waals surface area contributed by atoms with Crippen LogP contribution < -0.4 is 0 Å². The van der Waals surface area contributed by atoms with Gasteiger partial charge in [-0.2, -0.15) is 0 Å². The molecule has 0 saturated carbocycles. The Kier molecular flexibility index (Phi) is 6.13. The molecule has 0 bridgehead atoms. The zero-order valence-electron chi connectivity index (χ0n) is 12.2. The highest BCUT2D eigenvalue weighted by Gasteiger charge is 2.36. The van der Waals surface area contributed by atoms with E-state index >= 15 is 0 Å². The number of rotatable bonds is 6. The van der Waals surface area contributed by atoms with Gasteiger partial charge < -0.3 is 10.0 Å². The third-order valence-electron chi connectivity index (χ3n) is 4.85. The molecule has 1 unspecified atom stereocenters. The van der Waals surface area contributed by atoms with Crippen molar-refractivity contribution in [3.63, 3.8) is 0 Å². The van der Waals surface area contributed by atoms with E-state index in [1.54, 1.807) is 0 Å². The molecule has 1 saturated heterocycles. The van der Waals surface area contributed by atoms with Crippen molar-refractivity contribution in [1.82, 2.24) is 4.90 Å². The fraction of sp³-hybridized carbons (Fsp3) is 0.933. The maximum Gasteiger partial charge on any atom is 0.310 e. The molecule has 3 nitrogen and oxygen atoms in total. The van der Waals surface area contributed by atoms with Gasteiger partial charge >= 0.3 is 5.97 Å². The van der Waals surface area contributed by atoms with E-state index in [0.29, 0.717) is 0 Å². The number of likely N-dealkylation sites (tertiary alicyclic amines) is 1. The van der Waals surface area contributed by atoms with Crippen LogP contribution in [0.1, 0.15) is 59.3 Å². The number of aliphatic carboxylic acids is 1. The minimum atomic E-state index is -0.621. The Morgan fingerprint density at radius 3 is 2.39 bits per heavy atom. The second kappa shape index (κ2) is 7.13. The van der Waals surface area contributed by atoms with Crippen LogP contribution in [0.4, 0.5) is 0 Å². The van der Waals surface area contributed by atoms with Crippen molar-refractivity contribution in [2.24, 2.45) is 11.3 Å². The van der Waals surface area contributed by atoms with E-state index in [0.717, 1.165) is 38.4 Å². The Hall–Kier alpha value is -0.570. The largest absolute Gasteiger partial charge is 0.481 e. The highest BCUT2D eigenvalue weighted by atomic mass is 16.4. The lowest BCUT2D eigenvalue weighted by molar-refractivity contribution is -0.150. The van der Waals surface area contributed by atoms with E-state index in [4.69, 9.17) is 0 Å². The lowest BCUT2D eigenvalue weighted by atomic mass is 9.82. The lowest BCUT2D eigenvalue weighted by Gasteiger charge is -2.33. The summed E-state index contributed by atoms with van der Waals surface area (Å²) in [7, 11) is 0. The minimum Gasteiger partial charge on any atom is -0.481 e. The first-order valence-electron chi connectivity index (χ1n) is 7.53. The van der Waals surface area contributed by atoms with Gasteiger partial charge in [-0.25, -0.2) is 0 Å². The molecule has 0 spiro atoms. The highest BCUT2D eigenvalue weighted by molar-refractivity contribution is 5.74. The van der Waals surface area contributed by atoms with E-state index in [1.165, 1.54) is 25.7 Å². The SMILES string of the molecule is CCC1CCCN(CC(CC)(CC)C(=O)O)CC1. The van der Waals surface area contributed by atoms with Gasteiger partial charge in [0.15, 0.2) is 0 Å². The summed E-state index contributed by atoms with van der Waals surface area (Å²) in [6, 6.07) is 0. The zero-order chi connectivity index (χ0) is 13.6. The summed E-state index contributed by atoms with van der Waals surface area (Å²) in [5, 5.41) is 9.50. The molecule has 106 valence electrons. The third-order valence-corrected chi connectivity index (χ3v) is 4.85. The molecule has 0 aliphatic carbocycles. The highest BCUT2D eigenvalue weighted by Crippen LogP contribution is 2.30. The van der Waals surface area contributed by atoms with Gasteiger partial charge in [0.05, 0.1) is 5.41 Å². The molecule has 0 aromatic heterocycles. The average molecular weight is 255 g/mol. The van der Waals surface area contributed by atoms with Gasteiger partial charge in [0, 0.05) is 6.54 Å². The quantitative estimate of drug-likeness (QED) is 0.791. The van der Waals surface area contributed by atoms with E-state index in [-0.39, 0.29) is 0 Å². The average Bonchev–Trinajstić information content (AvgIpc) is 2.60. The van der Waals surface area contributed by atoms with Crippen LogP contribution in [0, 0.1) is 11.3 Å². The normalized spacial score (nSPS) is 22.7. The summed E-state index contributed by atoms with van der Waals surface area (Å²) in [5.41, 5.74) is -0.536. The molecule has 0 aromatic carbocycles. The van der Waals surface area contributed by atoms with Crippen molar-refractivity contribution in [3.05, 3.63) is 0 Å². The van der Waals surface area contributed by atoms with Crippen LogP contribution in [0.25, 0.3) is 0 Å². The van der Waals surface area contributed by atoms with Crippen molar-refractivity contribution >= 4 is 5.97 Å². The number of hydrogen-bond acceptors (Lipinski definition) is 2. The summed E-state index contributed by atoms with van der Waals surface area (Å²) in [5.74, 6) is 0.223. The molecular weight excluding hydrogens is 226 g/mol. The van der Waals surface area contributed by atoms with Gasteiger partial charge in [0.1, 0.15) is 0 Å². The van der Waals surface area contributed by atoms with Gasteiger partial charge in [-0.1, -0.05) is 27.2 Å². The van der Waals surface area contributed by atoms with Crippen LogP contribution in [0.3, 0.4) is 0 Å². The first-order chi connectivity index (χ1) is 8.57. The monoisotopic (exact) mass is 255 g/mol. The maximum absolute atomic E-state index is 11.5. The molecule has 1 aliphatic heterocycles. The molecule has 1 heterocycles. The molecule has 1 fully saturated rings. The molecule has 3 heteroatoms. The number of nitrogens with zero attached hydrogens (tertiary/aromatic N) is 1. The van der Waals surface area contributed by atoms with E-state index < -0.39 is 11.4 Å². The summed E-state index contributed by atoms with van der Waals surface area (Å²) in [6.45, 7) is 9.15. The van der Waals surface area contributed by atoms with Gasteiger partial charge in [-0.3, -0.25) is 4.79 Å². The number of hydrogen-bond donors (Lipinski definition) is 1. The van der Waals surface area contributed by atoms with Gasteiger partial charge in [-0.05, 0) is 51.1 Å². The first-order valence-corrected chi connectivity index (χ1v) is 7.53. The summed E-state index contributed by atoms with van der Waals surface area (Å²) >= 11 is 0. The number of carbonyl (C=O) groups is 1. The molecule has 0 amide bonds. The van der Waals surface area contributed by atoms with E-state index in [9.17, 15) is 9.90 Å². The van der Waals surface area contributed by atoms with Crippen LogP contribution in [-0.4, -0.2) is 35.6 Å². The number of carboxylic acids is 1. The van der Waals surface area contributed by atoms with Crippen LogP contribution in [0.15, 0.2) is 0 Å². The van der Waals surface area contributed by atoms with Crippen molar-refractivity contribution in [2.75, 3.05) is 19.6 Å². The number of carboxylic acid groups (broad SMARTS) is 1. The Morgan fingerprint density at radius 2 is 1.89 bits per heavy atom. The molecule has 1 N–H and O–H groups in total. The predicted molar refractivity (Wildman–Crippen MR) is 74.7 cm³/mol. The van der Waals surface area contributed by atoms with Crippen LogP contribution in [-0.2, 0) is 4.79 Å². The van der Waals surface area contributed by atoms with Crippen LogP contribution in [0.2, 0.25) is 0 Å². The van der Waals surface area contributed by atoms with Crippen LogP contribution in [0.5, 0.6) is 0 Å². The van der Waals surface area contributed by atoms with Crippen LogP contribution >= 0.6 is 0 Å². The second-order valence-corrected chi connectivity index (χ2v) is 5.77. The molecular formula is C15H29NO2. The zero-order valence-corrected chi connectivity index (χ0v) is 12.2. The Balaban J connectivity index is 2.62. The maximum atomic E-state index is 11.5. The second-order valence-electron chi connectivity index (χ2n) is 5.77. The van der Waals surface area contributed by atoms with Gasteiger partial charge in [-0.15, -0.1) is 0 Å². The minimum absolute atomic E-state index is 0.536. The molecule has 1 atom stereocenters. The van der Waals surface area contributed by atoms with Crippen molar-refractivity contribution in [1.29, 1.82) is 0 Å². The first kappa shape index (κ1) is 15.5. The molecule has 0 radical (unpaired) electrons. The Morgan fingerprint density at radius 1 is 1.22 bits per heavy atom. The van der Waals surface area contributed by atoms with Crippen molar-refractivity contribution in [3.8, 4) is 0 Å². The summed E-state index contributed by atoms with van der Waals surface area (Å²) in [6.07, 6.45) is 6.49. The summed E-state index contributed by atoms with van der Waals surface area (Å²) in [4.78, 5) is 13.9. The predicted octanol–water partition coefficient (Wildman–Crippen LogP) is 3.39. The summed E-state index contributed by atoms with van der Waals surface area (Å²) < 4.78 is 0. The van der Waals surface area contributed by atoms with Crippen molar-refractivity contribution < 1.29 is 9.90 Å². The molecule has 1 rings (SSSR count). The lowest BCUT2D eigenvalue weighted by Crippen LogP contribution is -2.43. The molecule has 1 aliphatic rings. The molecule has 0 aromatic rings. The van der Waals surface area contributed by atoms with Gasteiger partial charge in [0.25, 0.3) is 0 Å². The Bertz CT molecular complexity index is 261. The fourth-order valence-electron chi connectivity index (χ4n) is 3.06. The smallest absolute Gasteiger partial charge is 0.310 e. The third kappa shape index (κ3) is 3.71. The topological polar surface area (TPSA) is 40.5 Å². The molecule has 18 heavy (non-hydrogen) atoms. The Labute approximate surface area is 112 Å². The standard InChI is InChI=1S/C15H29NO2/c1-4-13-8-7-10-16(11-9-13)12-15(5-2,6-3)14(17)18/h13H,4-12H2,1-3H3,(H,17,18). The van der Waals surface area contributed by atoms with E-state index in [1.807, 2.05) is 13.8 Å². The fourth-order valence-corrected chi connectivity index (χ4v) is 3.06. The van der Waals surface area contributed by atoms with Gasteiger partial charge in [0.2, 0.25) is 0 Å². The van der Waals surface area contributed by atoms with E-state index in [2.05, 4.69) is 11.8 Å².